The first-order chi connectivity index (χ1) is 12.7. The third kappa shape index (κ3) is 5.52. The monoisotopic (exact) mass is 383 g/mol. The van der Waals surface area contributed by atoms with Crippen molar-refractivity contribution in [1.82, 2.24) is 5.32 Å². The van der Waals surface area contributed by atoms with Crippen LogP contribution in [0.3, 0.4) is 0 Å². The molecule has 0 aliphatic rings. The highest BCUT2D eigenvalue weighted by molar-refractivity contribution is 7.98. The van der Waals surface area contributed by atoms with Gasteiger partial charge in [-0.1, -0.05) is 66.2 Å². The summed E-state index contributed by atoms with van der Waals surface area (Å²) in [5, 5.41) is 6.24. The number of carbonyl (C=O) groups is 1. The molecule has 0 aliphatic carbocycles. The Morgan fingerprint density at radius 1 is 0.962 bits per heavy atom. The van der Waals surface area contributed by atoms with Gasteiger partial charge in [-0.3, -0.25) is 4.79 Å². The van der Waals surface area contributed by atoms with Crippen LogP contribution in [0.4, 0.5) is 0 Å². The predicted octanol–water partition coefficient (Wildman–Crippen LogP) is 5.48. The zero-order valence-corrected chi connectivity index (χ0v) is 16.2. The fourth-order valence-electron chi connectivity index (χ4n) is 2.88. The summed E-state index contributed by atoms with van der Waals surface area (Å²) in [4.78, 5) is 12.1. The number of hydrogen-bond acceptors (Lipinski definition) is 2. The van der Waals surface area contributed by atoms with Crippen LogP contribution in [0.1, 0.15) is 17.5 Å². The van der Waals surface area contributed by atoms with Crippen molar-refractivity contribution < 1.29 is 4.79 Å². The third-order valence-electron chi connectivity index (χ3n) is 4.25. The van der Waals surface area contributed by atoms with Crippen LogP contribution < -0.4 is 5.32 Å². The van der Waals surface area contributed by atoms with Crippen molar-refractivity contribution in [2.45, 2.75) is 18.6 Å². The maximum Gasteiger partial charge on any atom is 0.220 e. The van der Waals surface area contributed by atoms with Gasteiger partial charge in [0.05, 0.1) is 0 Å². The minimum absolute atomic E-state index is 0.116. The second kappa shape index (κ2) is 9.65. The number of fused-ring (bicyclic) bond motifs is 1. The van der Waals surface area contributed by atoms with E-state index >= 15 is 0 Å². The molecule has 1 N–H and O–H groups in total. The van der Waals surface area contributed by atoms with Gasteiger partial charge in [-0.25, -0.2) is 0 Å². The molecule has 3 rings (SSSR count). The van der Waals surface area contributed by atoms with Gasteiger partial charge < -0.3 is 5.32 Å². The van der Waals surface area contributed by atoms with E-state index in [9.17, 15) is 4.79 Å². The van der Waals surface area contributed by atoms with E-state index in [0.29, 0.717) is 13.0 Å². The van der Waals surface area contributed by atoms with Crippen LogP contribution in [0.15, 0.2) is 66.7 Å². The number of hydrogen-bond donors (Lipinski definition) is 1. The van der Waals surface area contributed by atoms with Gasteiger partial charge >= 0.3 is 0 Å². The van der Waals surface area contributed by atoms with E-state index in [2.05, 4.69) is 35.6 Å². The lowest BCUT2D eigenvalue weighted by atomic mass is 10.0. The van der Waals surface area contributed by atoms with E-state index in [1.54, 1.807) is 0 Å². The molecule has 3 aromatic carbocycles. The van der Waals surface area contributed by atoms with Gasteiger partial charge in [0.25, 0.3) is 0 Å². The number of carbonyl (C=O) groups excluding carboxylic acids is 1. The van der Waals surface area contributed by atoms with Crippen molar-refractivity contribution in [3.8, 4) is 0 Å². The summed E-state index contributed by atoms with van der Waals surface area (Å²) >= 11 is 7.69. The highest BCUT2D eigenvalue weighted by Crippen LogP contribution is 2.19. The highest BCUT2D eigenvalue weighted by atomic mass is 35.5. The van der Waals surface area contributed by atoms with Crippen molar-refractivity contribution >= 4 is 40.0 Å². The molecule has 0 unspecified atom stereocenters. The lowest BCUT2D eigenvalue weighted by Crippen LogP contribution is -2.25. The second-order valence-corrected chi connectivity index (χ2v) is 7.71. The number of halogens is 1. The fraction of sp³-hybridized carbons (Fsp3) is 0.227. The SMILES string of the molecule is O=C(CCc1cccc2ccccc12)NCCSCc1ccc(Cl)cc1. The average molecular weight is 384 g/mol. The molecule has 0 saturated carbocycles. The Bertz CT molecular complexity index is 858. The lowest BCUT2D eigenvalue weighted by molar-refractivity contribution is -0.120. The van der Waals surface area contributed by atoms with E-state index in [0.717, 1.165) is 22.9 Å². The Kier molecular flexibility index (Phi) is 6.98. The Hall–Kier alpha value is -1.97. The number of thioether (sulfide) groups is 1. The molecular formula is C22H22ClNOS. The molecule has 0 fully saturated rings. The summed E-state index contributed by atoms with van der Waals surface area (Å²) in [6.45, 7) is 0.701. The van der Waals surface area contributed by atoms with Crippen LogP contribution in [0, 0.1) is 0 Å². The van der Waals surface area contributed by atoms with E-state index in [-0.39, 0.29) is 5.91 Å². The maximum absolute atomic E-state index is 12.1. The summed E-state index contributed by atoms with van der Waals surface area (Å²) in [7, 11) is 0. The van der Waals surface area contributed by atoms with Crippen molar-refractivity contribution in [2.75, 3.05) is 12.3 Å². The van der Waals surface area contributed by atoms with Crippen molar-refractivity contribution in [1.29, 1.82) is 0 Å². The van der Waals surface area contributed by atoms with Crippen LogP contribution in [0.2, 0.25) is 5.02 Å². The molecule has 26 heavy (non-hydrogen) atoms. The van der Waals surface area contributed by atoms with Crippen LogP contribution in [-0.2, 0) is 17.0 Å². The quantitative estimate of drug-likeness (QED) is 0.522. The Labute approximate surface area is 163 Å². The van der Waals surface area contributed by atoms with E-state index in [4.69, 9.17) is 11.6 Å². The molecule has 1 amide bonds. The van der Waals surface area contributed by atoms with Gasteiger partial charge in [-0.15, -0.1) is 0 Å². The predicted molar refractivity (Wildman–Crippen MR) is 113 cm³/mol. The normalized spacial score (nSPS) is 10.8. The molecule has 0 bridgehead atoms. The Morgan fingerprint density at radius 3 is 2.58 bits per heavy atom. The molecule has 0 saturated heterocycles. The van der Waals surface area contributed by atoms with Crippen LogP contribution in [0.25, 0.3) is 10.8 Å². The second-order valence-electron chi connectivity index (χ2n) is 6.17. The first-order valence-electron chi connectivity index (χ1n) is 8.78. The zero-order chi connectivity index (χ0) is 18.2. The zero-order valence-electron chi connectivity index (χ0n) is 14.6. The van der Waals surface area contributed by atoms with Gasteiger partial charge in [0.15, 0.2) is 0 Å². The molecule has 3 aromatic rings. The summed E-state index contributed by atoms with van der Waals surface area (Å²) in [6, 6.07) is 22.5. The van der Waals surface area contributed by atoms with Crippen molar-refractivity contribution in [3.05, 3.63) is 82.9 Å². The summed E-state index contributed by atoms with van der Waals surface area (Å²) in [6.07, 6.45) is 1.29. The smallest absolute Gasteiger partial charge is 0.220 e. The Balaban J connectivity index is 1.37. The minimum Gasteiger partial charge on any atom is -0.355 e. The van der Waals surface area contributed by atoms with Gasteiger partial charge in [0, 0.05) is 29.5 Å². The van der Waals surface area contributed by atoms with E-state index < -0.39 is 0 Å². The fourth-order valence-corrected chi connectivity index (χ4v) is 3.83. The lowest BCUT2D eigenvalue weighted by Gasteiger charge is -2.08. The number of benzene rings is 3. The van der Waals surface area contributed by atoms with Crippen LogP contribution in [0.5, 0.6) is 0 Å². The number of aryl methyl sites for hydroxylation is 1. The van der Waals surface area contributed by atoms with Crippen molar-refractivity contribution in [2.24, 2.45) is 0 Å². The number of amides is 1. The summed E-state index contributed by atoms with van der Waals surface area (Å²) in [5.74, 6) is 1.95. The van der Waals surface area contributed by atoms with E-state index in [1.165, 1.54) is 21.9 Å². The van der Waals surface area contributed by atoms with Gasteiger partial charge in [0.2, 0.25) is 5.91 Å². The van der Waals surface area contributed by atoms with Crippen LogP contribution >= 0.6 is 23.4 Å². The van der Waals surface area contributed by atoms with Crippen LogP contribution in [-0.4, -0.2) is 18.2 Å². The molecular weight excluding hydrogens is 362 g/mol. The number of nitrogens with one attached hydrogen (secondary N) is 1. The van der Waals surface area contributed by atoms with Gasteiger partial charge in [-0.2, -0.15) is 11.8 Å². The molecule has 0 atom stereocenters. The topological polar surface area (TPSA) is 29.1 Å². The molecule has 0 radical (unpaired) electrons. The minimum atomic E-state index is 0.116. The summed E-state index contributed by atoms with van der Waals surface area (Å²) < 4.78 is 0. The summed E-state index contributed by atoms with van der Waals surface area (Å²) in [5.41, 5.74) is 2.48. The molecule has 0 aromatic heterocycles. The third-order valence-corrected chi connectivity index (χ3v) is 5.53. The average Bonchev–Trinajstić information content (AvgIpc) is 2.67. The maximum atomic E-state index is 12.1. The molecule has 0 aliphatic heterocycles. The standard InChI is InChI=1S/C22H22ClNOS/c23-20-11-8-17(9-12-20)16-26-15-14-24-22(25)13-10-19-6-3-5-18-4-1-2-7-21(18)19/h1-9,11-12H,10,13-16H2,(H,24,25). The molecule has 134 valence electrons. The first-order valence-corrected chi connectivity index (χ1v) is 10.3. The van der Waals surface area contributed by atoms with Gasteiger partial charge in [-0.05, 0) is 40.5 Å². The Morgan fingerprint density at radius 2 is 1.73 bits per heavy atom. The molecule has 0 heterocycles. The van der Waals surface area contributed by atoms with Crippen molar-refractivity contribution in [3.63, 3.8) is 0 Å². The molecule has 4 heteroatoms. The molecule has 2 nitrogen and oxygen atoms in total. The van der Waals surface area contributed by atoms with Gasteiger partial charge in [0.1, 0.15) is 0 Å². The highest BCUT2D eigenvalue weighted by Gasteiger charge is 2.05. The largest absolute Gasteiger partial charge is 0.355 e. The van der Waals surface area contributed by atoms with E-state index in [1.807, 2.05) is 48.2 Å². The first kappa shape index (κ1) is 18.8. The molecule has 0 spiro atoms. The number of rotatable bonds is 8.